The molecule has 1 heteroatoms. The Morgan fingerprint density at radius 3 is 1.68 bits per heavy atom. The molecule has 0 fully saturated rings. The smallest absolute Gasteiger partial charge is 0.126 e. The van der Waals surface area contributed by atoms with E-state index < -0.39 is 0 Å². The second kappa shape index (κ2) is 15.7. The van der Waals surface area contributed by atoms with Crippen molar-refractivity contribution >= 4 is 0 Å². The SMILES string of the molecule is C=C.CCC.COc1c(C(C)C2=CC=CCC2)cc(C(C)c2ccccc2)cc1C(C)c1ccccc1. The lowest BCUT2D eigenvalue weighted by molar-refractivity contribution is 0.401. The Balaban J connectivity index is 0.000000898. The number of ether oxygens (including phenoxy) is 1. The highest BCUT2D eigenvalue weighted by atomic mass is 16.5. The van der Waals surface area contributed by atoms with E-state index in [2.05, 4.69) is 139 Å². The highest BCUT2D eigenvalue weighted by Gasteiger charge is 2.24. The molecule has 0 heterocycles. The first kappa shape index (κ1) is 29.9. The Labute approximate surface area is 226 Å². The molecule has 3 atom stereocenters. The number of benzene rings is 3. The normalized spacial score (nSPS) is 14.6. The highest BCUT2D eigenvalue weighted by molar-refractivity contribution is 5.54. The molecule has 0 saturated heterocycles. The molecule has 37 heavy (non-hydrogen) atoms. The third-order valence-electron chi connectivity index (χ3n) is 7.01. The van der Waals surface area contributed by atoms with E-state index in [-0.39, 0.29) is 5.92 Å². The summed E-state index contributed by atoms with van der Waals surface area (Å²) in [5, 5.41) is 0. The first-order chi connectivity index (χ1) is 18.0. The number of hydrogen-bond donors (Lipinski definition) is 0. The number of allylic oxidation sites excluding steroid dienone is 4. The molecule has 3 aromatic rings. The van der Waals surface area contributed by atoms with E-state index >= 15 is 0 Å². The molecule has 196 valence electrons. The lowest BCUT2D eigenvalue weighted by Crippen LogP contribution is -2.10. The lowest BCUT2D eigenvalue weighted by atomic mass is 9.80. The van der Waals surface area contributed by atoms with Crippen LogP contribution in [0.5, 0.6) is 5.75 Å². The maximum absolute atomic E-state index is 6.13. The van der Waals surface area contributed by atoms with Gasteiger partial charge in [-0.3, -0.25) is 0 Å². The monoisotopic (exact) mass is 494 g/mol. The molecule has 0 spiro atoms. The Kier molecular flexibility index (Phi) is 12.7. The van der Waals surface area contributed by atoms with Gasteiger partial charge < -0.3 is 4.74 Å². The average molecular weight is 495 g/mol. The van der Waals surface area contributed by atoms with Crippen molar-refractivity contribution in [1.29, 1.82) is 0 Å². The molecule has 1 nitrogen and oxygen atoms in total. The summed E-state index contributed by atoms with van der Waals surface area (Å²) in [6.07, 6.45) is 10.2. The second-order valence-corrected chi connectivity index (χ2v) is 9.63. The molecular formula is C36H46O. The van der Waals surface area contributed by atoms with Gasteiger partial charge in [0.2, 0.25) is 0 Å². The van der Waals surface area contributed by atoms with Gasteiger partial charge in [-0.2, -0.15) is 0 Å². The summed E-state index contributed by atoms with van der Waals surface area (Å²) >= 11 is 0. The minimum Gasteiger partial charge on any atom is -0.496 e. The first-order valence-electron chi connectivity index (χ1n) is 13.7. The molecule has 1 aliphatic rings. The Morgan fingerprint density at radius 2 is 1.22 bits per heavy atom. The van der Waals surface area contributed by atoms with E-state index in [4.69, 9.17) is 4.74 Å². The summed E-state index contributed by atoms with van der Waals surface area (Å²) in [7, 11) is 1.82. The first-order valence-corrected chi connectivity index (χ1v) is 13.7. The maximum Gasteiger partial charge on any atom is 0.126 e. The molecule has 0 aromatic heterocycles. The molecule has 3 unspecified atom stereocenters. The van der Waals surface area contributed by atoms with Crippen LogP contribution in [0.2, 0.25) is 0 Å². The van der Waals surface area contributed by atoms with Crippen molar-refractivity contribution in [1.82, 2.24) is 0 Å². The lowest BCUT2D eigenvalue weighted by Gasteiger charge is -2.27. The van der Waals surface area contributed by atoms with Crippen molar-refractivity contribution in [2.75, 3.05) is 7.11 Å². The Hall–Kier alpha value is -3.32. The van der Waals surface area contributed by atoms with E-state index in [1.165, 1.54) is 39.8 Å². The zero-order chi connectivity index (χ0) is 27.2. The van der Waals surface area contributed by atoms with Crippen molar-refractivity contribution in [3.05, 3.63) is 138 Å². The van der Waals surface area contributed by atoms with Gasteiger partial charge >= 0.3 is 0 Å². The zero-order valence-electron chi connectivity index (χ0n) is 23.8. The molecule has 0 amide bonds. The fourth-order valence-corrected chi connectivity index (χ4v) is 4.86. The van der Waals surface area contributed by atoms with Crippen LogP contribution >= 0.6 is 0 Å². The van der Waals surface area contributed by atoms with Gasteiger partial charge in [-0.05, 0) is 29.5 Å². The van der Waals surface area contributed by atoms with Crippen LogP contribution in [0.1, 0.15) is 99.5 Å². The standard InChI is InChI=1S/C31H34O.C3H8.C2H4/c1-22(25-14-8-5-9-15-25)28-20-29(23(2)26-16-10-6-11-17-26)31(32-4)30(21-28)24(3)27-18-12-7-13-19-27;1-3-2;1-2/h5-12,14-18,20-24H,13,19H2,1-4H3;3H2,1-2H3;1-2H2. The number of methoxy groups -OCH3 is 1. The van der Waals surface area contributed by atoms with Gasteiger partial charge in [0, 0.05) is 28.9 Å². The van der Waals surface area contributed by atoms with Gasteiger partial charge in [-0.25, -0.2) is 0 Å². The van der Waals surface area contributed by atoms with Crippen LogP contribution in [-0.4, -0.2) is 7.11 Å². The van der Waals surface area contributed by atoms with Crippen LogP contribution in [0.4, 0.5) is 0 Å². The minimum absolute atomic E-state index is 0.250. The summed E-state index contributed by atoms with van der Waals surface area (Å²) in [4.78, 5) is 0. The van der Waals surface area contributed by atoms with Gasteiger partial charge in [-0.15, -0.1) is 13.2 Å². The van der Waals surface area contributed by atoms with Crippen LogP contribution in [0, 0.1) is 0 Å². The van der Waals surface area contributed by atoms with Crippen molar-refractivity contribution in [2.45, 2.75) is 71.6 Å². The topological polar surface area (TPSA) is 9.23 Å². The number of rotatable bonds is 7. The fourth-order valence-electron chi connectivity index (χ4n) is 4.86. The van der Waals surface area contributed by atoms with Crippen LogP contribution < -0.4 is 4.74 Å². The van der Waals surface area contributed by atoms with Crippen LogP contribution in [-0.2, 0) is 0 Å². The van der Waals surface area contributed by atoms with Gasteiger partial charge in [-0.1, -0.05) is 138 Å². The maximum atomic E-state index is 6.13. The summed E-state index contributed by atoms with van der Waals surface area (Å²) in [6.45, 7) is 17.2. The van der Waals surface area contributed by atoms with Crippen molar-refractivity contribution < 1.29 is 4.74 Å². The predicted molar refractivity (Wildman–Crippen MR) is 163 cm³/mol. The molecule has 0 aliphatic heterocycles. The third kappa shape index (κ3) is 7.83. The van der Waals surface area contributed by atoms with E-state index in [9.17, 15) is 0 Å². The predicted octanol–water partition coefficient (Wildman–Crippen LogP) is 10.6. The van der Waals surface area contributed by atoms with Crippen LogP contribution in [0.3, 0.4) is 0 Å². The van der Waals surface area contributed by atoms with Gasteiger partial charge in [0.25, 0.3) is 0 Å². The fraction of sp³-hybridized carbons (Fsp3) is 0.333. The molecular weight excluding hydrogens is 448 g/mol. The van der Waals surface area contributed by atoms with E-state index in [1.807, 2.05) is 7.11 Å². The molecule has 0 radical (unpaired) electrons. The summed E-state index contributed by atoms with van der Waals surface area (Å²) in [5.74, 6) is 1.92. The van der Waals surface area contributed by atoms with Gasteiger partial charge in [0.05, 0.1) is 7.11 Å². The van der Waals surface area contributed by atoms with E-state index in [1.54, 1.807) is 0 Å². The second-order valence-electron chi connectivity index (χ2n) is 9.63. The molecule has 3 aromatic carbocycles. The number of hydrogen-bond acceptors (Lipinski definition) is 1. The molecule has 0 N–H and O–H groups in total. The molecule has 0 bridgehead atoms. The van der Waals surface area contributed by atoms with E-state index in [0.29, 0.717) is 11.8 Å². The van der Waals surface area contributed by atoms with E-state index in [0.717, 1.165) is 18.6 Å². The summed E-state index contributed by atoms with van der Waals surface area (Å²) in [5.41, 5.74) is 8.06. The Morgan fingerprint density at radius 1 is 0.730 bits per heavy atom. The quantitative estimate of drug-likeness (QED) is 0.297. The van der Waals surface area contributed by atoms with Crippen molar-refractivity contribution in [3.8, 4) is 5.75 Å². The third-order valence-corrected chi connectivity index (χ3v) is 7.01. The van der Waals surface area contributed by atoms with Crippen LogP contribution in [0.25, 0.3) is 0 Å². The summed E-state index contributed by atoms with van der Waals surface area (Å²) < 4.78 is 6.13. The van der Waals surface area contributed by atoms with Gasteiger partial charge in [0.1, 0.15) is 5.75 Å². The zero-order valence-corrected chi connectivity index (χ0v) is 23.8. The van der Waals surface area contributed by atoms with Crippen LogP contribution in [0.15, 0.2) is 110 Å². The van der Waals surface area contributed by atoms with Crippen molar-refractivity contribution in [2.24, 2.45) is 0 Å². The molecule has 4 rings (SSSR count). The highest BCUT2D eigenvalue weighted by Crippen LogP contribution is 2.43. The van der Waals surface area contributed by atoms with Crippen molar-refractivity contribution in [3.63, 3.8) is 0 Å². The van der Waals surface area contributed by atoms with Gasteiger partial charge in [0.15, 0.2) is 0 Å². The Bertz CT molecular complexity index is 1120. The average Bonchev–Trinajstić information content (AvgIpc) is 2.98. The molecule has 0 saturated carbocycles. The largest absolute Gasteiger partial charge is 0.496 e. The summed E-state index contributed by atoms with van der Waals surface area (Å²) in [6, 6.07) is 26.3. The minimum atomic E-state index is 0.250. The molecule has 1 aliphatic carbocycles.